The molecule has 0 bridgehead atoms. The van der Waals surface area contributed by atoms with Crippen LogP contribution in [0.1, 0.15) is 22.4 Å². The fourth-order valence-electron chi connectivity index (χ4n) is 3.54. The maximum absolute atomic E-state index is 12.4. The van der Waals surface area contributed by atoms with Gasteiger partial charge >= 0.3 is 11.9 Å². The van der Waals surface area contributed by atoms with E-state index in [4.69, 9.17) is 0 Å². The number of imidazole rings is 1. The highest BCUT2D eigenvalue weighted by Gasteiger charge is 2.31. The lowest BCUT2D eigenvalue weighted by Crippen LogP contribution is -2.21. The Labute approximate surface area is 191 Å². The molecule has 0 aliphatic heterocycles. The Morgan fingerprint density at radius 3 is 2.06 bits per heavy atom. The van der Waals surface area contributed by atoms with Crippen molar-refractivity contribution >= 4 is 40.4 Å². The van der Waals surface area contributed by atoms with Crippen molar-refractivity contribution in [2.24, 2.45) is 0 Å². The smallest absolute Gasteiger partial charge is 0.331 e. The summed E-state index contributed by atoms with van der Waals surface area (Å²) in [4.78, 5) is 39.7. The van der Waals surface area contributed by atoms with Gasteiger partial charge in [0.1, 0.15) is 5.25 Å². The van der Waals surface area contributed by atoms with Crippen molar-refractivity contribution in [1.82, 2.24) is 9.55 Å². The summed E-state index contributed by atoms with van der Waals surface area (Å²) < 4.78 is 1.35. The van der Waals surface area contributed by atoms with Gasteiger partial charge in [0.25, 0.3) is 5.69 Å². The van der Waals surface area contributed by atoms with Crippen LogP contribution in [0.25, 0.3) is 11.0 Å². The largest absolute Gasteiger partial charge is 0.480 e. The van der Waals surface area contributed by atoms with Crippen molar-refractivity contribution in [2.75, 3.05) is 0 Å². The van der Waals surface area contributed by atoms with Gasteiger partial charge in [-0.1, -0.05) is 72.4 Å². The molecule has 0 unspecified atom stereocenters. The fraction of sp³-hybridized carbons (Fsp3) is 0.0870. The third-order valence-electron chi connectivity index (χ3n) is 5.01. The van der Waals surface area contributed by atoms with E-state index in [2.05, 4.69) is 4.98 Å². The summed E-state index contributed by atoms with van der Waals surface area (Å²) in [5.41, 5.74) is 1.24. The van der Waals surface area contributed by atoms with E-state index in [1.165, 1.54) is 22.8 Å². The molecule has 0 amide bonds. The van der Waals surface area contributed by atoms with Crippen LogP contribution in [-0.2, 0) is 9.59 Å². The molecule has 0 spiro atoms. The van der Waals surface area contributed by atoms with E-state index in [0.717, 1.165) is 11.8 Å². The van der Waals surface area contributed by atoms with Crippen molar-refractivity contribution < 1.29 is 24.7 Å². The number of rotatable bonds is 8. The van der Waals surface area contributed by atoms with Gasteiger partial charge in [0, 0.05) is 12.1 Å². The molecular weight excluding hydrogens is 446 g/mol. The summed E-state index contributed by atoms with van der Waals surface area (Å²) in [5.74, 6) is -2.33. The first kappa shape index (κ1) is 22.0. The van der Waals surface area contributed by atoms with Gasteiger partial charge in [-0.25, -0.2) is 9.78 Å². The lowest BCUT2D eigenvalue weighted by molar-refractivity contribution is -0.384. The first-order valence-corrected chi connectivity index (χ1v) is 10.6. The van der Waals surface area contributed by atoms with E-state index >= 15 is 0 Å². The average Bonchev–Trinajstić information content (AvgIpc) is 3.15. The zero-order chi connectivity index (χ0) is 23.5. The molecule has 0 aliphatic rings. The number of hydrogen-bond donors (Lipinski definition) is 2. The molecule has 0 fully saturated rings. The summed E-state index contributed by atoms with van der Waals surface area (Å²) in [6.45, 7) is 0. The predicted molar refractivity (Wildman–Crippen MR) is 121 cm³/mol. The third kappa shape index (κ3) is 4.41. The maximum atomic E-state index is 12.4. The molecule has 0 radical (unpaired) electrons. The van der Waals surface area contributed by atoms with E-state index in [0.29, 0.717) is 16.6 Å². The first-order valence-electron chi connectivity index (χ1n) is 9.75. The summed E-state index contributed by atoms with van der Waals surface area (Å²) in [6, 6.07) is 19.6. The number of nitrogens with zero attached hydrogens (tertiary/aromatic N) is 3. The van der Waals surface area contributed by atoms with E-state index in [-0.39, 0.29) is 16.4 Å². The second-order valence-electron chi connectivity index (χ2n) is 7.09. The van der Waals surface area contributed by atoms with Crippen LogP contribution in [0.2, 0.25) is 0 Å². The number of carbonyl (C=O) groups is 2. The summed E-state index contributed by atoms with van der Waals surface area (Å²) >= 11 is 0.876. The lowest BCUT2D eigenvalue weighted by atomic mass is 10.1. The molecule has 0 aliphatic carbocycles. The molecular formula is C23H17N3O6S. The van der Waals surface area contributed by atoms with Crippen LogP contribution in [-0.4, -0.2) is 36.6 Å². The van der Waals surface area contributed by atoms with Crippen LogP contribution in [0, 0.1) is 10.1 Å². The second kappa shape index (κ2) is 9.13. The van der Waals surface area contributed by atoms with Gasteiger partial charge in [-0.3, -0.25) is 14.9 Å². The van der Waals surface area contributed by atoms with Gasteiger partial charge in [0.15, 0.2) is 11.2 Å². The average molecular weight is 463 g/mol. The Balaban J connectivity index is 1.95. The minimum atomic E-state index is -1.27. The molecule has 9 nitrogen and oxygen atoms in total. The van der Waals surface area contributed by atoms with Crippen LogP contribution in [0.15, 0.2) is 84.0 Å². The quantitative estimate of drug-likeness (QED) is 0.221. The van der Waals surface area contributed by atoms with Crippen molar-refractivity contribution in [3.63, 3.8) is 0 Å². The number of nitro benzene ring substituents is 1. The van der Waals surface area contributed by atoms with Crippen LogP contribution in [0.5, 0.6) is 0 Å². The van der Waals surface area contributed by atoms with E-state index in [1.54, 1.807) is 60.7 Å². The molecule has 4 aromatic rings. The topological polar surface area (TPSA) is 136 Å². The van der Waals surface area contributed by atoms with E-state index < -0.39 is 28.2 Å². The Kier molecular flexibility index (Phi) is 6.09. The van der Waals surface area contributed by atoms with Gasteiger partial charge in [0.05, 0.1) is 16.0 Å². The van der Waals surface area contributed by atoms with Crippen molar-refractivity contribution in [1.29, 1.82) is 0 Å². The number of fused-ring (bicyclic) bond motifs is 1. The molecule has 1 heterocycles. The summed E-state index contributed by atoms with van der Waals surface area (Å²) in [5, 5.41) is 30.4. The predicted octanol–water partition coefficient (Wildman–Crippen LogP) is 4.54. The first-order chi connectivity index (χ1) is 15.9. The molecule has 2 atom stereocenters. The molecule has 2 N–H and O–H groups in total. The molecule has 166 valence electrons. The monoisotopic (exact) mass is 463 g/mol. The number of hydrogen-bond acceptors (Lipinski definition) is 6. The molecule has 33 heavy (non-hydrogen) atoms. The van der Waals surface area contributed by atoms with Crippen LogP contribution in [0.3, 0.4) is 0 Å². The van der Waals surface area contributed by atoms with Crippen molar-refractivity contribution in [3.8, 4) is 0 Å². The second-order valence-corrected chi connectivity index (χ2v) is 8.17. The number of non-ortho nitro benzene ring substituents is 1. The highest BCUT2D eigenvalue weighted by molar-refractivity contribution is 8.00. The molecule has 0 saturated heterocycles. The van der Waals surface area contributed by atoms with Gasteiger partial charge in [-0.2, -0.15) is 0 Å². The molecule has 4 rings (SSSR count). The Morgan fingerprint density at radius 2 is 1.52 bits per heavy atom. The number of carboxylic acid groups (broad SMARTS) is 2. The standard InChI is InChI=1S/C23H17N3O6S/c27-21(28)19(14-7-3-1-4-8-14)25-18-13-16(26(31)32)11-12-17(18)24-23(25)33-20(22(29)30)15-9-5-2-6-10-15/h1-13,19-20H,(H,27,28)(H,29,30)/t19-,20-/m0/s1. The van der Waals surface area contributed by atoms with Crippen molar-refractivity contribution in [3.05, 3.63) is 100 Å². The highest BCUT2D eigenvalue weighted by atomic mass is 32.2. The van der Waals surface area contributed by atoms with E-state index in [9.17, 15) is 29.9 Å². The zero-order valence-electron chi connectivity index (χ0n) is 16.9. The SMILES string of the molecule is O=C(O)[C@@H](Sc1nc2ccc([N+](=O)[O-])cc2n1[C@H](C(=O)O)c1ccccc1)c1ccccc1. The minimum Gasteiger partial charge on any atom is -0.480 e. The molecule has 1 aromatic heterocycles. The fourth-order valence-corrected chi connectivity index (χ4v) is 4.61. The van der Waals surface area contributed by atoms with Crippen LogP contribution in [0.4, 0.5) is 5.69 Å². The molecule has 3 aromatic carbocycles. The third-order valence-corrected chi connectivity index (χ3v) is 6.22. The number of aromatic nitrogens is 2. The Bertz CT molecular complexity index is 1340. The van der Waals surface area contributed by atoms with Crippen molar-refractivity contribution in [2.45, 2.75) is 16.4 Å². The minimum absolute atomic E-state index is 0.123. The summed E-state index contributed by atoms with van der Waals surface area (Å²) in [7, 11) is 0. The normalized spacial score (nSPS) is 12.8. The number of nitro groups is 1. The van der Waals surface area contributed by atoms with Gasteiger partial charge in [-0.05, 0) is 17.2 Å². The van der Waals surface area contributed by atoms with E-state index in [1.807, 2.05) is 0 Å². The van der Waals surface area contributed by atoms with Crippen LogP contribution >= 0.6 is 11.8 Å². The molecule has 0 saturated carbocycles. The number of aliphatic carboxylic acids is 2. The Hall–Kier alpha value is -4.18. The Morgan fingerprint density at radius 1 is 0.909 bits per heavy atom. The number of carboxylic acids is 2. The van der Waals surface area contributed by atoms with Crippen LogP contribution < -0.4 is 0 Å². The molecule has 10 heteroatoms. The number of benzene rings is 3. The number of thioether (sulfide) groups is 1. The lowest BCUT2D eigenvalue weighted by Gasteiger charge is -2.20. The zero-order valence-corrected chi connectivity index (χ0v) is 17.8. The van der Waals surface area contributed by atoms with Gasteiger partial charge < -0.3 is 14.8 Å². The highest BCUT2D eigenvalue weighted by Crippen LogP contribution is 2.40. The maximum Gasteiger partial charge on any atom is 0.331 e. The van der Waals surface area contributed by atoms with Gasteiger partial charge in [-0.15, -0.1) is 0 Å². The summed E-state index contributed by atoms with van der Waals surface area (Å²) in [6.07, 6.45) is 0. The van der Waals surface area contributed by atoms with Gasteiger partial charge in [0.2, 0.25) is 0 Å².